The molecule has 0 amide bonds. The maximum atomic E-state index is 11.5. The number of carboxylic acids is 1. The summed E-state index contributed by atoms with van der Waals surface area (Å²) in [5.74, 6) is -1.27. The van der Waals surface area contributed by atoms with E-state index >= 15 is 0 Å². The van der Waals surface area contributed by atoms with Crippen LogP contribution in [0.5, 0.6) is 0 Å². The first-order valence-corrected chi connectivity index (χ1v) is 18.6. The molecule has 0 radical (unpaired) electrons. The molecule has 2 heterocycles. The maximum absolute atomic E-state index is 11.5. The topological polar surface area (TPSA) is 163 Å². The van der Waals surface area contributed by atoms with Gasteiger partial charge in [-0.2, -0.15) is 0 Å². The molecule has 0 aromatic heterocycles. The van der Waals surface area contributed by atoms with Crippen molar-refractivity contribution in [2.45, 2.75) is 93.9 Å². The Balaban J connectivity index is 1.34. The Kier molecular flexibility index (Phi) is 15.3. The summed E-state index contributed by atoms with van der Waals surface area (Å²) < 4.78 is 44.9. The fourth-order valence-corrected chi connectivity index (χ4v) is 7.02. The normalized spacial score (nSPS) is 28.1. The molecule has 2 aliphatic rings. The summed E-state index contributed by atoms with van der Waals surface area (Å²) in [6, 6.07) is 39.0. The number of aliphatic hydroxyl groups is 3. The summed E-state index contributed by atoms with van der Waals surface area (Å²) in [6.45, 7) is -0.212. The molecule has 6 rings (SSSR count). The quantitative estimate of drug-likeness (QED) is 0.109. The summed E-state index contributed by atoms with van der Waals surface area (Å²) >= 11 is 0. The van der Waals surface area contributed by atoms with Crippen molar-refractivity contribution >= 4 is 5.97 Å². The largest absolute Gasteiger partial charge is 0.480 e. The van der Waals surface area contributed by atoms with Gasteiger partial charge in [-0.3, -0.25) is 0 Å². The first-order valence-electron chi connectivity index (χ1n) is 18.6. The van der Waals surface area contributed by atoms with E-state index in [0.29, 0.717) is 6.61 Å². The highest BCUT2D eigenvalue weighted by atomic mass is 16.6. The molecule has 0 unspecified atom stereocenters. The van der Waals surface area contributed by atoms with Crippen molar-refractivity contribution in [3.8, 4) is 0 Å². The summed E-state index contributed by atoms with van der Waals surface area (Å²) in [5, 5.41) is 41.8. The third-order valence-electron chi connectivity index (χ3n) is 9.81. The second-order valence-corrected chi connectivity index (χ2v) is 13.8. The fraction of sp³-hybridized carbons (Fsp3) is 0.419. The standard InChI is InChI=1S/C43H50O12/c44-22-35-39(48)42(53-28-37(45)46)38(47)33(54-35)21-34-40(50-24-30-15-7-2-8-16-30)43(52-26-32-19-11-4-12-20-32)41(51-25-31-17-9-3-10-18-31)36(55-34)27-49-23-29-13-5-1-6-14-29/h1-20,33-36,38-44,47-48H,21-28H2,(H,45,46)/t33-,34+,35+,36+,38-,39-,40+,41+,42+,43+/m0/s1. The molecule has 12 nitrogen and oxygen atoms in total. The SMILES string of the molecule is O=C(O)CO[C@@H]1[C@@H](O)[C@H](C[C@H]2O[C@H](COCc3ccccc3)[C@@H](OCc3ccccc3)[C@H](OCc3ccccc3)[C@@H]2OCc2ccccc2)O[C@H](CO)[C@@H]1O. The number of aliphatic hydroxyl groups excluding tert-OH is 3. The molecule has 0 bridgehead atoms. The molecule has 294 valence electrons. The minimum absolute atomic E-state index is 0.00254. The van der Waals surface area contributed by atoms with Gasteiger partial charge in [0.2, 0.25) is 0 Å². The zero-order chi connectivity index (χ0) is 38.4. The van der Waals surface area contributed by atoms with Gasteiger partial charge in [-0.1, -0.05) is 121 Å². The minimum atomic E-state index is -1.48. The number of hydrogen-bond acceptors (Lipinski definition) is 11. The van der Waals surface area contributed by atoms with Gasteiger partial charge >= 0.3 is 5.97 Å². The highest BCUT2D eigenvalue weighted by Crippen LogP contribution is 2.35. The molecule has 0 aliphatic carbocycles. The number of ether oxygens (including phenoxy) is 7. The molecule has 55 heavy (non-hydrogen) atoms. The molecule has 2 saturated heterocycles. The molecule has 2 fully saturated rings. The maximum Gasteiger partial charge on any atom is 0.329 e. The molecule has 2 aliphatic heterocycles. The average molecular weight is 759 g/mol. The van der Waals surface area contributed by atoms with E-state index in [1.165, 1.54) is 0 Å². The van der Waals surface area contributed by atoms with E-state index in [2.05, 4.69) is 0 Å². The van der Waals surface area contributed by atoms with Gasteiger partial charge in [0.1, 0.15) is 55.4 Å². The fourth-order valence-electron chi connectivity index (χ4n) is 7.02. The van der Waals surface area contributed by atoms with Gasteiger partial charge in [0.15, 0.2) is 0 Å². The first kappa shape index (κ1) is 40.6. The first-order chi connectivity index (χ1) is 26.9. The molecule has 12 heteroatoms. The lowest BCUT2D eigenvalue weighted by Crippen LogP contribution is -2.64. The van der Waals surface area contributed by atoms with Gasteiger partial charge in [-0.25, -0.2) is 4.79 Å². The number of carboxylic acid groups (broad SMARTS) is 1. The van der Waals surface area contributed by atoms with Crippen molar-refractivity contribution in [2.24, 2.45) is 0 Å². The predicted molar refractivity (Wildman–Crippen MR) is 200 cm³/mol. The van der Waals surface area contributed by atoms with E-state index in [1.807, 2.05) is 121 Å². The highest BCUT2D eigenvalue weighted by Gasteiger charge is 2.52. The van der Waals surface area contributed by atoms with Crippen LogP contribution in [-0.4, -0.2) is 107 Å². The third kappa shape index (κ3) is 11.5. The van der Waals surface area contributed by atoms with Crippen molar-refractivity contribution in [3.63, 3.8) is 0 Å². The highest BCUT2D eigenvalue weighted by molar-refractivity contribution is 5.68. The van der Waals surface area contributed by atoms with E-state index in [-0.39, 0.29) is 32.8 Å². The number of carbonyl (C=O) groups is 1. The van der Waals surface area contributed by atoms with Crippen molar-refractivity contribution in [1.82, 2.24) is 0 Å². The van der Waals surface area contributed by atoms with Gasteiger partial charge in [0.05, 0.1) is 51.8 Å². The lowest BCUT2D eigenvalue weighted by atomic mass is 9.87. The van der Waals surface area contributed by atoms with Crippen LogP contribution in [0.2, 0.25) is 0 Å². The molecule has 0 saturated carbocycles. The van der Waals surface area contributed by atoms with Crippen LogP contribution < -0.4 is 0 Å². The second-order valence-electron chi connectivity index (χ2n) is 13.8. The van der Waals surface area contributed by atoms with Crippen LogP contribution in [-0.2, 0) is 64.4 Å². The van der Waals surface area contributed by atoms with E-state index in [0.717, 1.165) is 22.3 Å². The van der Waals surface area contributed by atoms with Gasteiger partial charge in [0, 0.05) is 6.42 Å². The Bertz CT molecular complexity index is 1680. The third-order valence-corrected chi connectivity index (χ3v) is 9.81. The van der Waals surface area contributed by atoms with Gasteiger partial charge in [-0.05, 0) is 22.3 Å². The summed E-state index contributed by atoms with van der Waals surface area (Å²) in [6.07, 6.45) is -10.2. The van der Waals surface area contributed by atoms with Crippen LogP contribution in [0.1, 0.15) is 28.7 Å². The summed E-state index contributed by atoms with van der Waals surface area (Å²) in [7, 11) is 0. The Morgan fingerprint density at radius 2 is 0.927 bits per heavy atom. The molecular weight excluding hydrogens is 708 g/mol. The van der Waals surface area contributed by atoms with Gasteiger partial charge < -0.3 is 53.6 Å². The van der Waals surface area contributed by atoms with Gasteiger partial charge in [0.25, 0.3) is 0 Å². The Labute approximate surface area is 321 Å². The van der Waals surface area contributed by atoms with E-state index in [1.54, 1.807) is 0 Å². The monoisotopic (exact) mass is 758 g/mol. The zero-order valence-electron chi connectivity index (χ0n) is 30.5. The molecule has 4 N–H and O–H groups in total. The van der Waals surface area contributed by atoms with Crippen molar-refractivity contribution in [1.29, 1.82) is 0 Å². The van der Waals surface area contributed by atoms with Crippen LogP contribution in [0.15, 0.2) is 121 Å². The van der Waals surface area contributed by atoms with Crippen LogP contribution >= 0.6 is 0 Å². The van der Waals surface area contributed by atoms with Crippen LogP contribution in [0.4, 0.5) is 0 Å². The molecule has 4 aromatic carbocycles. The zero-order valence-corrected chi connectivity index (χ0v) is 30.5. The smallest absolute Gasteiger partial charge is 0.329 e. The molecule has 4 aromatic rings. The van der Waals surface area contributed by atoms with E-state index in [4.69, 9.17) is 33.2 Å². The number of rotatable bonds is 19. The van der Waals surface area contributed by atoms with Crippen molar-refractivity contribution in [2.75, 3.05) is 19.8 Å². The number of aliphatic carboxylic acids is 1. The lowest BCUT2D eigenvalue weighted by molar-refractivity contribution is -0.289. The Morgan fingerprint density at radius 1 is 0.509 bits per heavy atom. The number of benzene rings is 4. The van der Waals surface area contributed by atoms with E-state index in [9.17, 15) is 25.2 Å². The lowest BCUT2D eigenvalue weighted by Gasteiger charge is -2.48. The Hall–Kier alpha value is -4.05. The molecule has 0 spiro atoms. The second kappa shape index (κ2) is 20.7. The van der Waals surface area contributed by atoms with E-state index < -0.39 is 80.2 Å². The molecule has 10 atom stereocenters. The minimum Gasteiger partial charge on any atom is -0.480 e. The van der Waals surface area contributed by atoms with Crippen LogP contribution in [0, 0.1) is 0 Å². The van der Waals surface area contributed by atoms with Crippen molar-refractivity contribution in [3.05, 3.63) is 144 Å². The Morgan fingerprint density at radius 3 is 1.40 bits per heavy atom. The van der Waals surface area contributed by atoms with Gasteiger partial charge in [-0.15, -0.1) is 0 Å². The number of hydrogen-bond donors (Lipinski definition) is 4. The summed E-state index contributed by atoms with van der Waals surface area (Å²) in [5.41, 5.74) is 3.79. The molecular formula is C43H50O12. The predicted octanol–water partition coefficient (Wildman–Crippen LogP) is 4.07. The summed E-state index contributed by atoms with van der Waals surface area (Å²) in [4.78, 5) is 11.4. The van der Waals surface area contributed by atoms with Crippen molar-refractivity contribution < 1.29 is 58.4 Å². The average Bonchev–Trinajstić information content (AvgIpc) is 3.21. The van der Waals surface area contributed by atoms with Crippen LogP contribution in [0.25, 0.3) is 0 Å². The van der Waals surface area contributed by atoms with Crippen LogP contribution in [0.3, 0.4) is 0 Å².